The van der Waals surface area contributed by atoms with Gasteiger partial charge in [0, 0.05) is 19.7 Å². The van der Waals surface area contributed by atoms with Crippen molar-refractivity contribution in [3.05, 3.63) is 0 Å². The van der Waals surface area contributed by atoms with E-state index in [1.165, 1.54) is 32.2 Å². The Kier molecular flexibility index (Phi) is 3.10. The van der Waals surface area contributed by atoms with E-state index in [1.807, 2.05) is 0 Å². The Morgan fingerprint density at radius 2 is 2.43 bits per heavy atom. The Morgan fingerprint density at radius 1 is 1.57 bits per heavy atom. The predicted molar refractivity (Wildman–Crippen MR) is 57.2 cm³/mol. The maximum Gasteiger partial charge on any atom is 0.0823 e. The monoisotopic (exact) mass is 198 g/mol. The highest BCUT2D eigenvalue weighted by molar-refractivity contribution is 4.94. The van der Waals surface area contributed by atoms with Gasteiger partial charge in [0.2, 0.25) is 0 Å². The molecule has 0 saturated carbocycles. The number of likely N-dealkylation sites (tertiary alicyclic amines) is 1. The zero-order valence-electron chi connectivity index (χ0n) is 9.17. The van der Waals surface area contributed by atoms with Gasteiger partial charge in [-0.05, 0) is 45.2 Å². The predicted octanol–water partition coefficient (Wildman–Crippen LogP) is 0.836. The van der Waals surface area contributed by atoms with E-state index in [-0.39, 0.29) is 5.60 Å². The van der Waals surface area contributed by atoms with Gasteiger partial charge < -0.3 is 15.4 Å². The van der Waals surface area contributed by atoms with E-state index in [0.717, 1.165) is 25.6 Å². The maximum absolute atomic E-state index is 5.99. The lowest BCUT2D eigenvalue weighted by molar-refractivity contribution is -0.0889. The summed E-state index contributed by atoms with van der Waals surface area (Å²) in [6, 6.07) is 0. The van der Waals surface area contributed by atoms with Gasteiger partial charge in [0.05, 0.1) is 5.60 Å². The van der Waals surface area contributed by atoms with Crippen LogP contribution in [0.15, 0.2) is 0 Å². The molecule has 2 saturated heterocycles. The van der Waals surface area contributed by atoms with E-state index in [1.54, 1.807) is 0 Å². The van der Waals surface area contributed by atoms with Gasteiger partial charge in [-0.2, -0.15) is 0 Å². The van der Waals surface area contributed by atoms with E-state index >= 15 is 0 Å². The molecular formula is C11H22N2O. The number of hydrogen-bond acceptors (Lipinski definition) is 3. The highest BCUT2D eigenvalue weighted by atomic mass is 16.5. The van der Waals surface area contributed by atoms with Crippen LogP contribution >= 0.6 is 0 Å². The zero-order chi connectivity index (χ0) is 10.0. The van der Waals surface area contributed by atoms with Crippen LogP contribution in [0.25, 0.3) is 0 Å². The number of ether oxygens (including phenoxy) is 1. The summed E-state index contributed by atoms with van der Waals surface area (Å²) in [6.45, 7) is 4.08. The topological polar surface area (TPSA) is 38.5 Å². The van der Waals surface area contributed by atoms with E-state index in [0.29, 0.717) is 0 Å². The molecule has 3 heteroatoms. The summed E-state index contributed by atoms with van der Waals surface area (Å²) in [5.74, 6) is 0.806. The quantitative estimate of drug-likeness (QED) is 0.714. The molecular weight excluding hydrogens is 176 g/mol. The Bertz CT molecular complexity index is 192. The van der Waals surface area contributed by atoms with Crippen molar-refractivity contribution in [1.29, 1.82) is 0 Å². The van der Waals surface area contributed by atoms with Gasteiger partial charge in [-0.3, -0.25) is 0 Å². The third-order valence-corrected chi connectivity index (χ3v) is 3.68. The SMILES string of the molecule is CN1CCC2(CC(CCN)CCO2)C1. The third kappa shape index (κ3) is 2.10. The van der Waals surface area contributed by atoms with E-state index in [9.17, 15) is 0 Å². The molecule has 0 aromatic carbocycles. The van der Waals surface area contributed by atoms with Crippen molar-refractivity contribution >= 4 is 0 Å². The first-order valence-corrected chi connectivity index (χ1v) is 5.77. The Morgan fingerprint density at radius 3 is 3.07 bits per heavy atom. The van der Waals surface area contributed by atoms with Crippen molar-refractivity contribution in [2.45, 2.75) is 31.3 Å². The summed E-state index contributed by atoms with van der Waals surface area (Å²) in [7, 11) is 2.19. The average Bonchev–Trinajstić information content (AvgIpc) is 2.48. The second kappa shape index (κ2) is 4.17. The number of rotatable bonds is 2. The highest BCUT2D eigenvalue weighted by Crippen LogP contribution is 2.37. The van der Waals surface area contributed by atoms with Crippen LogP contribution in [-0.4, -0.2) is 43.8 Å². The average molecular weight is 198 g/mol. The van der Waals surface area contributed by atoms with Gasteiger partial charge >= 0.3 is 0 Å². The largest absolute Gasteiger partial charge is 0.374 e. The first-order valence-electron chi connectivity index (χ1n) is 5.77. The van der Waals surface area contributed by atoms with Crippen LogP contribution in [0.2, 0.25) is 0 Å². The molecule has 3 nitrogen and oxygen atoms in total. The van der Waals surface area contributed by atoms with E-state index in [2.05, 4.69) is 11.9 Å². The number of hydrogen-bond donors (Lipinski definition) is 1. The molecule has 0 amide bonds. The Hall–Kier alpha value is -0.120. The first-order chi connectivity index (χ1) is 6.74. The normalized spacial score (nSPS) is 39.4. The molecule has 2 fully saturated rings. The summed E-state index contributed by atoms with van der Waals surface area (Å²) < 4.78 is 5.99. The molecule has 2 N–H and O–H groups in total. The molecule has 2 unspecified atom stereocenters. The van der Waals surface area contributed by atoms with Crippen LogP contribution in [0.1, 0.15) is 25.7 Å². The zero-order valence-corrected chi connectivity index (χ0v) is 9.17. The fourth-order valence-electron chi connectivity index (χ4n) is 2.94. The number of likely N-dealkylation sites (N-methyl/N-ethyl adjacent to an activating group) is 1. The van der Waals surface area contributed by atoms with Crippen molar-refractivity contribution in [3.63, 3.8) is 0 Å². The molecule has 1 spiro atoms. The van der Waals surface area contributed by atoms with Crippen LogP contribution in [0.5, 0.6) is 0 Å². The molecule has 2 aliphatic heterocycles. The minimum Gasteiger partial charge on any atom is -0.374 e. The van der Waals surface area contributed by atoms with E-state index in [4.69, 9.17) is 10.5 Å². The summed E-state index contributed by atoms with van der Waals surface area (Å²) >= 11 is 0. The first kappa shape index (κ1) is 10.4. The third-order valence-electron chi connectivity index (χ3n) is 3.68. The van der Waals surface area contributed by atoms with Crippen LogP contribution < -0.4 is 5.73 Å². The molecule has 0 aliphatic carbocycles. The summed E-state index contributed by atoms with van der Waals surface area (Å²) in [5.41, 5.74) is 5.81. The van der Waals surface area contributed by atoms with E-state index < -0.39 is 0 Å². The van der Waals surface area contributed by atoms with Gasteiger partial charge in [0.1, 0.15) is 0 Å². The Labute approximate surface area is 86.6 Å². The van der Waals surface area contributed by atoms with Gasteiger partial charge in [-0.15, -0.1) is 0 Å². The van der Waals surface area contributed by atoms with Crippen LogP contribution in [0.4, 0.5) is 0 Å². The minimum atomic E-state index is 0.187. The molecule has 14 heavy (non-hydrogen) atoms. The lowest BCUT2D eigenvalue weighted by Crippen LogP contribution is -2.42. The lowest BCUT2D eigenvalue weighted by Gasteiger charge is -2.38. The van der Waals surface area contributed by atoms with Crippen LogP contribution in [0, 0.1) is 5.92 Å². The molecule has 0 radical (unpaired) electrons. The molecule has 2 heterocycles. The second-order valence-corrected chi connectivity index (χ2v) is 4.96. The van der Waals surface area contributed by atoms with Crippen molar-refractivity contribution in [1.82, 2.24) is 4.90 Å². The molecule has 0 bridgehead atoms. The maximum atomic E-state index is 5.99. The lowest BCUT2D eigenvalue weighted by atomic mass is 9.83. The molecule has 2 aliphatic rings. The van der Waals surface area contributed by atoms with Gasteiger partial charge in [0.15, 0.2) is 0 Å². The number of nitrogens with zero attached hydrogens (tertiary/aromatic N) is 1. The summed E-state index contributed by atoms with van der Waals surface area (Å²) in [5, 5.41) is 0. The van der Waals surface area contributed by atoms with Crippen LogP contribution in [0.3, 0.4) is 0 Å². The van der Waals surface area contributed by atoms with Gasteiger partial charge in [-0.1, -0.05) is 0 Å². The summed E-state index contributed by atoms with van der Waals surface area (Å²) in [4.78, 5) is 2.38. The van der Waals surface area contributed by atoms with Crippen LogP contribution in [-0.2, 0) is 4.74 Å². The Balaban J connectivity index is 1.93. The number of nitrogens with two attached hydrogens (primary N) is 1. The molecule has 0 aromatic rings. The smallest absolute Gasteiger partial charge is 0.0823 e. The van der Waals surface area contributed by atoms with Crippen molar-refractivity contribution in [3.8, 4) is 0 Å². The van der Waals surface area contributed by atoms with Gasteiger partial charge in [-0.25, -0.2) is 0 Å². The molecule has 2 atom stereocenters. The minimum absolute atomic E-state index is 0.187. The van der Waals surface area contributed by atoms with Gasteiger partial charge in [0.25, 0.3) is 0 Å². The summed E-state index contributed by atoms with van der Waals surface area (Å²) in [6.07, 6.45) is 4.83. The second-order valence-electron chi connectivity index (χ2n) is 4.96. The van der Waals surface area contributed by atoms with Crippen molar-refractivity contribution in [2.24, 2.45) is 11.7 Å². The standard InChI is InChI=1S/C11H22N2O/c1-13-6-4-11(9-13)8-10(2-5-12)3-7-14-11/h10H,2-9,12H2,1H3. The fraction of sp³-hybridized carbons (Fsp3) is 1.00. The van der Waals surface area contributed by atoms with Crippen molar-refractivity contribution < 1.29 is 4.74 Å². The molecule has 0 aromatic heterocycles. The van der Waals surface area contributed by atoms with Crippen molar-refractivity contribution in [2.75, 3.05) is 33.3 Å². The highest BCUT2D eigenvalue weighted by Gasteiger charge is 2.41. The molecule has 2 rings (SSSR count). The molecule has 82 valence electrons. The fourth-order valence-corrected chi connectivity index (χ4v) is 2.94.